The second-order valence-corrected chi connectivity index (χ2v) is 5.50. The summed E-state index contributed by atoms with van der Waals surface area (Å²) >= 11 is 0. The van der Waals surface area contributed by atoms with Crippen molar-refractivity contribution < 1.29 is 18.0 Å². The monoisotopic (exact) mass is 276 g/mol. The van der Waals surface area contributed by atoms with Gasteiger partial charge in [0, 0.05) is 12.1 Å². The number of amides is 1. The van der Waals surface area contributed by atoms with Gasteiger partial charge >= 0.3 is 6.18 Å². The van der Waals surface area contributed by atoms with Gasteiger partial charge in [0.15, 0.2) is 0 Å². The molecule has 1 fully saturated rings. The third-order valence-electron chi connectivity index (χ3n) is 3.94. The second kappa shape index (κ2) is 5.53. The Bertz CT molecular complexity index is 367. The van der Waals surface area contributed by atoms with Crippen LogP contribution >= 0.6 is 0 Å². The van der Waals surface area contributed by atoms with Crippen molar-refractivity contribution in [3.05, 3.63) is 12.2 Å². The molecular formula is C13H19F3N2O. The number of hydrogen-bond acceptors (Lipinski definition) is 2. The molecule has 2 aliphatic rings. The van der Waals surface area contributed by atoms with E-state index in [1.165, 1.54) is 0 Å². The summed E-state index contributed by atoms with van der Waals surface area (Å²) in [7, 11) is 0. The molecule has 108 valence electrons. The maximum atomic E-state index is 12.7. The minimum Gasteiger partial charge on any atom is -0.353 e. The first-order valence-corrected chi connectivity index (χ1v) is 6.67. The van der Waals surface area contributed by atoms with E-state index in [0.29, 0.717) is 19.3 Å². The summed E-state index contributed by atoms with van der Waals surface area (Å²) < 4.78 is 38.0. The average molecular weight is 276 g/mol. The SMILES string of the molecule is NC1C=CC(C(=O)NC2CCCC(C(F)(F)F)C2)C1. The molecule has 19 heavy (non-hydrogen) atoms. The van der Waals surface area contributed by atoms with Crippen molar-refractivity contribution in [2.75, 3.05) is 0 Å². The van der Waals surface area contributed by atoms with Crippen LogP contribution in [0.25, 0.3) is 0 Å². The number of carbonyl (C=O) groups is 1. The van der Waals surface area contributed by atoms with E-state index >= 15 is 0 Å². The van der Waals surface area contributed by atoms with E-state index in [9.17, 15) is 18.0 Å². The quantitative estimate of drug-likeness (QED) is 0.759. The summed E-state index contributed by atoms with van der Waals surface area (Å²) in [6.45, 7) is 0. The van der Waals surface area contributed by atoms with E-state index in [2.05, 4.69) is 5.32 Å². The molecule has 0 heterocycles. The first-order valence-electron chi connectivity index (χ1n) is 6.67. The first kappa shape index (κ1) is 14.4. The molecule has 0 bridgehead atoms. The number of rotatable bonds is 2. The number of hydrogen-bond donors (Lipinski definition) is 2. The van der Waals surface area contributed by atoms with Gasteiger partial charge in [0.2, 0.25) is 5.91 Å². The molecule has 0 aromatic rings. The Hall–Kier alpha value is -1.04. The fourth-order valence-corrected chi connectivity index (χ4v) is 2.85. The largest absolute Gasteiger partial charge is 0.391 e. The third kappa shape index (κ3) is 3.72. The Kier molecular flexibility index (Phi) is 4.18. The van der Waals surface area contributed by atoms with Gasteiger partial charge in [-0.3, -0.25) is 4.79 Å². The van der Waals surface area contributed by atoms with Crippen LogP contribution in [-0.4, -0.2) is 24.2 Å². The van der Waals surface area contributed by atoms with Gasteiger partial charge in [-0.15, -0.1) is 0 Å². The lowest BCUT2D eigenvalue weighted by Crippen LogP contribution is -2.43. The Morgan fingerprint density at radius 2 is 1.95 bits per heavy atom. The minimum absolute atomic E-state index is 0.00225. The summed E-state index contributed by atoms with van der Waals surface area (Å²) in [6.07, 6.45) is 1.20. The predicted octanol–water partition coefficient (Wildman–Crippen LogP) is 2.13. The number of carbonyl (C=O) groups excluding carboxylic acids is 1. The Morgan fingerprint density at radius 1 is 1.21 bits per heavy atom. The molecule has 2 rings (SSSR count). The highest BCUT2D eigenvalue weighted by Gasteiger charge is 2.42. The highest BCUT2D eigenvalue weighted by Crippen LogP contribution is 2.37. The Balaban J connectivity index is 1.85. The molecule has 6 heteroatoms. The molecule has 0 saturated heterocycles. The lowest BCUT2D eigenvalue weighted by molar-refractivity contribution is -0.184. The van der Waals surface area contributed by atoms with Gasteiger partial charge < -0.3 is 11.1 Å². The molecule has 0 aromatic heterocycles. The number of halogens is 3. The normalized spacial score (nSPS) is 35.4. The molecule has 1 amide bonds. The van der Waals surface area contributed by atoms with Crippen molar-refractivity contribution in [2.24, 2.45) is 17.6 Å². The smallest absolute Gasteiger partial charge is 0.353 e. The van der Waals surface area contributed by atoms with Crippen LogP contribution in [0.15, 0.2) is 12.2 Å². The van der Waals surface area contributed by atoms with E-state index in [-0.39, 0.29) is 36.8 Å². The number of nitrogens with two attached hydrogens (primary N) is 1. The average Bonchev–Trinajstić information content (AvgIpc) is 2.75. The maximum absolute atomic E-state index is 12.7. The summed E-state index contributed by atoms with van der Waals surface area (Å²) in [5.41, 5.74) is 5.66. The van der Waals surface area contributed by atoms with Crippen molar-refractivity contribution >= 4 is 5.91 Å². The summed E-state index contributed by atoms with van der Waals surface area (Å²) in [5, 5.41) is 2.74. The van der Waals surface area contributed by atoms with Crippen LogP contribution in [0, 0.1) is 11.8 Å². The van der Waals surface area contributed by atoms with E-state index < -0.39 is 12.1 Å². The van der Waals surface area contributed by atoms with Crippen molar-refractivity contribution in [3.63, 3.8) is 0 Å². The van der Waals surface area contributed by atoms with E-state index in [1.807, 2.05) is 0 Å². The van der Waals surface area contributed by atoms with Crippen molar-refractivity contribution in [3.8, 4) is 0 Å². The molecule has 0 spiro atoms. The zero-order chi connectivity index (χ0) is 14.0. The van der Waals surface area contributed by atoms with Gasteiger partial charge in [0.25, 0.3) is 0 Å². The van der Waals surface area contributed by atoms with Gasteiger partial charge in [-0.25, -0.2) is 0 Å². The molecular weight excluding hydrogens is 257 g/mol. The Labute approximate surface area is 110 Å². The fourth-order valence-electron chi connectivity index (χ4n) is 2.85. The number of alkyl halides is 3. The maximum Gasteiger partial charge on any atom is 0.391 e. The molecule has 0 aliphatic heterocycles. The molecule has 1 saturated carbocycles. The van der Waals surface area contributed by atoms with Crippen LogP contribution in [0.3, 0.4) is 0 Å². The van der Waals surface area contributed by atoms with Crippen LogP contribution in [0.2, 0.25) is 0 Å². The van der Waals surface area contributed by atoms with Gasteiger partial charge in [-0.05, 0) is 25.7 Å². The molecule has 0 aromatic carbocycles. The first-order chi connectivity index (χ1) is 8.86. The fraction of sp³-hybridized carbons (Fsp3) is 0.769. The predicted molar refractivity (Wildman–Crippen MR) is 65.2 cm³/mol. The Morgan fingerprint density at radius 3 is 2.53 bits per heavy atom. The molecule has 2 aliphatic carbocycles. The van der Waals surface area contributed by atoms with Crippen molar-refractivity contribution in [1.82, 2.24) is 5.32 Å². The standard InChI is InChI=1S/C13H19F3N2O/c14-13(15,16)9-2-1-3-11(7-9)18-12(19)8-4-5-10(17)6-8/h4-5,8-11H,1-3,6-7,17H2,(H,18,19). The summed E-state index contributed by atoms with van der Waals surface area (Å²) in [4.78, 5) is 11.9. The summed E-state index contributed by atoms with van der Waals surface area (Å²) in [6, 6.07) is -0.483. The zero-order valence-electron chi connectivity index (χ0n) is 10.6. The van der Waals surface area contributed by atoms with Crippen molar-refractivity contribution in [1.29, 1.82) is 0 Å². The van der Waals surface area contributed by atoms with Gasteiger partial charge in [0.1, 0.15) is 0 Å². The lowest BCUT2D eigenvalue weighted by atomic mass is 9.85. The van der Waals surface area contributed by atoms with E-state index in [0.717, 1.165) is 0 Å². The van der Waals surface area contributed by atoms with Gasteiger partial charge in [0.05, 0.1) is 11.8 Å². The molecule has 3 N–H and O–H groups in total. The minimum atomic E-state index is -4.15. The highest BCUT2D eigenvalue weighted by molar-refractivity contribution is 5.81. The molecule has 3 nitrogen and oxygen atoms in total. The van der Waals surface area contributed by atoms with Crippen molar-refractivity contribution in [2.45, 2.75) is 50.4 Å². The van der Waals surface area contributed by atoms with Crippen LogP contribution in [-0.2, 0) is 4.79 Å². The zero-order valence-corrected chi connectivity index (χ0v) is 10.6. The molecule has 4 atom stereocenters. The van der Waals surface area contributed by atoms with Crippen LogP contribution < -0.4 is 11.1 Å². The highest BCUT2D eigenvalue weighted by atomic mass is 19.4. The van der Waals surface area contributed by atoms with Gasteiger partial charge in [-0.1, -0.05) is 18.6 Å². The van der Waals surface area contributed by atoms with Gasteiger partial charge in [-0.2, -0.15) is 13.2 Å². The second-order valence-electron chi connectivity index (χ2n) is 5.50. The topological polar surface area (TPSA) is 55.1 Å². The third-order valence-corrected chi connectivity index (χ3v) is 3.94. The molecule has 0 radical (unpaired) electrons. The lowest BCUT2D eigenvalue weighted by Gasteiger charge is -2.31. The number of nitrogens with one attached hydrogen (secondary N) is 1. The van der Waals surface area contributed by atoms with Crippen LogP contribution in [0.1, 0.15) is 32.1 Å². The summed E-state index contributed by atoms with van der Waals surface area (Å²) in [5.74, 6) is -1.77. The van der Waals surface area contributed by atoms with E-state index in [4.69, 9.17) is 5.73 Å². The van der Waals surface area contributed by atoms with Crippen LogP contribution in [0.5, 0.6) is 0 Å². The molecule has 4 unspecified atom stereocenters. The van der Waals surface area contributed by atoms with Crippen LogP contribution in [0.4, 0.5) is 13.2 Å². The van der Waals surface area contributed by atoms with E-state index in [1.54, 1.807) is 12.2 Å².